The second-order valence-electron chi connectivity index (χ2n) is 4.63. The van der Waals surface area contributed by atoms with Crippen LogP contribution in [0.25, 0.3) is 0 Å². The number of nitrogens with zero attached hydrogens (tertiary/aromatic N) is 1. The highest BCUT2D eigenvalue weighted by Gasteiger charge is 2.41. The van der Waals surface area contributed by atoms with E-state index < -0.39 is 0 Å². The summed E-state index contributed by atoms with van der Waals surface area (Å²) < 4.78 is 5.75. The van der Waals surface area contributed by atoms with Crippen molar-refractivity contribution in [2.45, 2.75) is 31.1 Å². The van der Waals surface area contributed by atoms with Crippen LogP contribution in [0.1, 0.15) is 24.2 Å². The van der Waals surface area contributed by atoms with Crippen molar-refractivity contribution in [3.8, 4) is 5.75 Å². The van der Waals surface area contributed by atoms with E-state index in [-0.39, 0.29) is 0 Å². The summed E-state index contributed by atoms with van der Waals surface area (Å²) in [6.45, 7) is 3.89. The summed E-state index contributed by atoms with van der Waals surface area (Å²) in [5.74, 6) is 0.889. The molecule has 1 saturated carbocycles. The zero-order chi connectivity index (χ0) is 12.3. The largest absolute Gasteiger partial charge is 0.497 e. The predicted octanol–water partition coefficient (Wildman–Crippen LogP) is 2.38. The molecule has 0 spiro atoms. The Morgan fingerprint density at radius 3 is 2.82 bits per heavy atom. The Bertz CT molecular complexity index is 391. The molecule has 0 radical (unpaired) electrons. The van der Waals surface area contributed by atoms with E-state index in [1.54, 1.807) is 7.11 Å². The molecule has 1 aromatic rings. The zero-order valence-corrected chi connectivity index (χ0v) is 11.6. The average molecular weight is 252 g/mol. The maximum Gasteiger partial charge on any atom is 0.122 e. The predicted molar refractivity (Wildman–Crippen MR) is 72.7 cm³/mol. The van der Waals surface area contributed by atoms with Crippen molar-refractivity contribution in [2.24, 2.45) is 0 Å². The van der Waals surface area contributed by atoms with Gasteiger partial charge in [-0.2, -0.15) is 11.8 Å². The number of methoxy groups -OCH3 is 1. The van der Waals surface area contributed by atoms with Crippen LogP contribution >= 0.6 is 11.8 Å². The second kappa shape index (κ2) is 5.27. The molecule has 1 heterocycles. The lowest BCUT2D eigenvalue weighted by molar-refractivity contribution is 0.412. The number of rotatable bonds is 6. The number of thioether (sulfide) groups is 1. The van der Waals surface area contributed by atoms with E-state index in [1.165, 1.54) is 12.8 Å². The van der Waals surface area contributed by atoms with Crippen molar-refractivity contribution in [3.05, 3.63) is 23.5 Å². The van der Waals surface area contributed by atoms with Gasteiger partial charge < -0.3 is 10.1 Å². The summed E-state index contributed by atoms with van der Waals surface area (Å²) in [5, 5.41) is 3.50. The molecule has 4 heteroatoms. The third-order valence-corrected chi connectivity index (χ3v) is 4.63. The van der Waals surface area contributed by atoms with Gasteiger partial charge in [-0.25, -0.2) is 0 Å². The van der Waals surface area contributed by atoms with Crippen LogP contribution in [0.3, 0.4) is 0 Å². The van der Waals surface area contributed by atoms with Gasteiger partial charge in [-0.15, -0.1) is 0 Å². The summed E-state index contributed by atoms with van der Waals surface area (Å²) in [6.07, 6.45) is 4.88. The molecule has 0 saturated heterocycles. The molecular weight excluding hydrogens is 232 g/mol. The smallest absolute Gasteiger partial charge is 0.122 e. The summed E-state index contributed by atoms with van der Waals surface area (Å²) in [6, 6.07) is 3.95. The Labute approximate surface area is 107 Å². The summed E-state index contributed by atoms with van der Waals surface area (Å²) >= 11 is 1.98. The SMILES string of the molecule is COc1cc(C)nc(CNCC2(SC)CC2)c1. The molecule has 0 aliphatic heterocycles. The van der Waals surface area contributed by atoms with Crippen LogP contribution in [-0.4, -0.2) is 29.6 Å². The van der Waals surface area contributed by atoms with Gasteiger partial charge in [0.05, 0.1) is 12.8 Å². The van der Waals surface area contributed by atoms with Crippen LogP contribution in [0.4, 0.5) is 0 Å². The lowest BCUT2D eigenvalue weighted by Gasteiger charge is -2.13. The standard InChI is InChI=1S/C13H20N2OS/c1-10-6-12(16-2)7-11(15-10)8-14-9-13(17-3)4-5-13/h6-7,14H,4-5,8-9H2,1-3H3. The van der Waals surface area contributed by atoms with Crippen LogP contribution < -0.4 is 10.1 Å². The minimum absolute atomic E-state index is 0.508. The Morgan fingerprint density at radius 2 is 2.24 bits per heavy atom. The van der Waals surface area contributed by atoms with E-state index in [0.717, 1.165) is 30.2 Å². The van der Waals surface area contributed by atoms with Crippen molar-refractivity contribution in [2.75, 3.05) is 19.9 Å². The molecule has 1 fully saturated rings. The Kier molecular flexibility index (Phi) is 3.94. The first-order valence-electron chi connectivity index (χ1n) is 5.95. The van der Waals surface area contributed by atoms with Gasteiger partial charge in [0.1, 0.15) is 5.75 Å². The van der Waals surface area contributed by atoms with E-state index >= 15 is 0 Å². The normalized spacial score (nSPS) is 16.9. The maximum absolute atomic E-state index is 5.24. The Hall–Kier alpha value is -0.740. The third kappa shape index (κ3) is 3.36. The number of nitrogens with one attached hydrogen (secondary N) is 1. The van der Waals surface area contributed by atoms with Crippen LogP contribution in [0.15, 0.2) is 12.1 Å². The van der Waals surface area contributed by atoms with E-state index in [9.17, 15) is 0 Å². The van der Waals surface area contributed by atoms with E-state index in [2.05, 4.69) is 16.6 Å². The number of ether oxygens (including phenoxy) is 1. The number of hydrogen-bond acceptors (Lipinski definition) is 4. The fraction of sp³-hybridized carbons (Fsp3) is 0.615. The van der Waals surface area contributed by atoms with Crippen molar-refractivity contribution in [1.29, 1.82) is 0 Å². The van der Waals surface area contributed by atoms with Gasteiger partial charge in [-0.1, -0.05) is 0 Å². The molecule has 1 aromatic heterocycles. The Morgan fingerprint density at radius 1 is 1.47 bits per heavy atom. The number of aryl methyl sites for hydroxylation is 1. The summed E-state index contributed by atoms with van der Waals surface area (Å²) in [4.78, 5) is 4.50. The zero-order valence-electron chi connectivity index (χ0n) is 10.7. The number of aromatic nitrogens is 1. The highest BCUT2D eigenvalue weighted by molar-refractivity contribution is 8.00. The highest BCUT2D eigenvalue weighted by Crippen LogP contribution is 2.46. The van der Waals surface area contributed by atoms with E-state index in [0.29, 0.717) is 4.75 Å². The monoisotopic (exact) mass is 252 g/mol. The highest BCUT2D eigenvalue weighted by atomic mass is 32.2. The molecule has 0 atom stereocenters. The molecule has 1 N–H and O–H groups in total. The van der Waals surface area contributed by atoms with Crippen LogP contribution in [0.2, 0.25) is 0 Å². The minimum Gasteiger partial charge on any atom is -0.497 e. The van der Waals surface area contributed by atoms with Crippen LogP contribution in [0.5, 0.6) is 5.75 Å². The molecule has 0 unspecified atom stereocenters. The van der Waals surface area contributed by atoms with Gasteiger partial charge in [0.15, 0.2) is 0 Å². The molecule has 1 aliphatic rings. The van der Waals surface area contributed by atoms with Crippen LogP contribution in [-0.2, 0) is 6.54 Å². The first-order chi connectivity index (χ1) is 8.17. The van der Waals surface area contributed by atoms with E-state index in [4.69, 9.17) is 4.74 Å². The fourth-order valence-electron chi connectivity index (χ4n) is 1.92. The molecule has 2 rings (SSSR count). The first kappa shape index (κ1) is 12.7. The van der Waals surface area contributed by atoms with Crippen molar-refractivity contribution in [3.63, 3.8) is 0 Å². The van der Waals surface area contributed by atoms with Gasteiger partial charge in [-0.3, -0.25) is 4.98 Å². The van der Waals surface area contributed by atoms with Crippen molar-refractivity contribution in [1.82, 2.24) is 10.3 Å². The maximum atomic E-state index is 5.24. The molecule has 3 nitrogen and oxygen atoms in total. The molecule has 0 amide bonds. The summed E-state index contributed by atoms with van der Waals surface area (Å²) in [5.41, 5.74) is 2.06. The first-order valence-corrected chi connectivity index (χ1v) is 7.17. The van der Waals surface area contributed by atoms with E-state index in [1.807, 2.05) is 30.8 Å². The van der Waals surface area contributed by atoms with Crippen molar-refractivity contribution >= 4 is 11.8 Å². The van der Waals surface area contributed by atoms with Gasteiger partial charge in [0.25, 0.3) is 0 Å². The van der Waals surface area contributed by atoms with Crippen molar-refractivity contribution < 1.29 is 4.74 Å². The van der Waals surface area contributed by atoms with Crippen LogP contribution in [0, 0.1) is 6.92 Å². The average Bonchev–Trinajstić information content (AvgIpc) is 3.09. The molecule has 1 aliphatic carbocycles. The van der Waals surface area contributed by atoms with Gasteiger partial charge in [0.2, 0.25) is 0 Å². The van der Waals surface area contributed by atoms with Gasteiger partial charge in [0, 0.05) is 35.7 Å². The fourth-order valence-corrected chi connectivity index (χ4v) is 2.68. The quantitative estimate of drug-likeness (QED) is 0.843. The molecule has 0 bridgehead atoms. The van der Waals surface area contributed by atoms with Gasteiger partial charge >= 0.3 is 0 Å². The lowest BCUT2D eigenvalue weighted by Crippen LogP contribution is -2.25. The molecule has 17 heavy (non-hydrogen) atoms. The minimum atomic E-state index is 0.508. The second-order valence-corrected chi connectivity index (χ2v) is 5.90. The topological polar surface area (TPSA) is 34.1 Å². The summed E-state index contributed by atoms with van der Waals surface area (Å²) in [7, 11) is 1.69. The lowest BCUT2D eigenvalue weighted by atomic mass is 10.3. The molecule has 94 valence electrons. The third-order valence-electron chi connectivity index (χ3n) is 3.21. The Balaban J connectivity index is 1.88. The number of pyridine rings is 1. The molecular formula is C13H20N2OS. The molecule has 0 aromatic carbocycles. The number of hydrogen-bond donors (Lipinski definition) is 1. The van der Waals surface area contributed by atoms with Gasteiger partial charge in [-0.05, 0) is 26.0 Å².